The SMILES string of the molecule is CCCCCCCOc1cccc(NCCN2CCOCC2)c1. The normalized spacial score (nSPS) is 15.5. The van der Waals surface area contributed by atoms with E-state index >= 15 is 0 Å². The van der Waals surface area contributed by atoms with E-state index in [0.717, 1.165) is 63.9 Å². The highest BCUT2D eigenvalue weighted by molar-refractivity contribution is 5.48. The number of hydrogen-bond acceptors (Lipinski definition) is 4. The molecule has 0 spiro atoms. The molecule has 1 aromatic rings. The Morgan fingerprint density at radius 1 is 1.13 bits per heavy atom. The van der Waals surface area contributed by atoms with Gasteiger partial charge in [-0.25, -0.2) is 0 Å². The van der Waals surface area contributed by atoms with Crippen LogP contribution in [0.2, 0.25) is 0 Å². The Labute approximate surface area is 141 Å². The largest absolute Gasteiger partial charge is 0.494 e. The summed E-state index contributed by atoms with van der Waals surface area (Å²) in [6.45, 7) is 8.90. The van der Waals surface area contributed by atoms with E-state index in [2.05, 4.69) is 35.3 Å². The van der Waals surface area contributed by atoms with Crippen molar-refractivity contribution in [1.82, 2.24) is 4.90 Å². The zero-order valence-electron chi connectivity index (χ0n) is 14.6. The van der Waals surface area contributed by atoms with Gasteiger partial charge >= 0.3 is 0 Å². The molecule has 2 rings (SSSR count). The lowest BCUT2D eigenvalue weighted by Gasteiger charge is -2.26. The first-order chi connectivity index (χ1) is 11.4. The second-order valence-electron chi connectivity index (χ2n) is 6.17. The smallest absolute Gasteiger partial charge is 0.121 e. The number of benzene rings is 1. The van der Waals surface area contributed by atoms with Crippen LogP contribution in [0.25, 0.3) is 0 Å². The highest BCUT2D eigenvalue weighted by Crippen LogP contribution is 2.17. The van der Waals surface area contributed by atoms with Crippen LogP contribution in [0.4, 0.5) is 5.69 Å². The molecule has 4 nitrogen and oxygen atoms in total. The maximum atomic E-state index is 5.86. The lowest BCUT2D eigenvalue weighted by molar-refractivity contribution is 0.0398. The monoisotopic (exact) mass is 320 g/mol. The fraction of sp³-hybridized carbons (Fsp3) is 0.684. The predicted octanol–water partition coefficient (Wildman–Crippen LogP) is 3.78. The maximum absolute atomic E-state index is 5.86. The van der Waals surface area contributed by atoms with Crippen LogP contribution in [-0.2, 0) is 4.74 Å². The average Bonchev–Trinajstić information content (AvgIpc) is 2.59. The Bertz CT molecular complexity index is 420. The van der Waals surface area contributed by atoms with Gasteiger partial charge in [-0.15, -0.1) is 0 Å². The van der Waals surface area contributed by atoms with E-state index in [1.807, 2.05) is 6.07 Å². The summed E-state index contributed by atoms with van der Waals surface area (Å²) in [7, 11) is 0. The standard InChI is InChI=1S/C19H32N2O2/c1-2-3-4-5-6-14-23-19-9-7-8-18(17-19)20-10-11-21-12-15-22-16-13-21/h7-9,17,20H,2-6,10-16H2,1H3. The Hall–Kier alpha value is -1.26. The molecule has 4 heteroatoms. The molecule has 0 atom stereocenters. The van der Waals surface area contributed by atoms with Crippen LogP contribution < -0.4 is 10.1 Å². The molecule has 23 heavy (non-hydrogen) atoms. The first-order valence-electron chi connectivity index (χ1n) is 9.15. The van der Waals surface area contributed by atoms with Crippen LogP contribution in [0.1, 0.15) is 39.0 Å². The maximum Gasteiger partial charge on any atom is 0.121 e. The van der Waals surface area contributed by atoms with Crippen LogP contribution in [0.15, 0.2) is 24.3 Å². The van der Waals surface area contributed by atoms with Gasteiger partial charge in [0.15, 0.2) is 0 Å². The topological polar surface area (TPSA) is 33.7 Å². The molecular weight excluding hydrogens is 288 g/mol. The van der Waals surface area contributed by atoms with Crippen LogP contribution >= 0.6 is 0 Å². The van der Waals surface area contributed by atoms with Crippen molar-refractivity contribution in [2.75, 3.05) is 51.3 Å². The molecule has 0 bridgehead atoms. The van der Waals surface area contributed by atoms with Crippen LogP contribution in [0, 0.1) is 0 Å². The van der Waals surface area contributed by atoms with E-state index in [0.29, 0.717) is 0 Å². The third-order valence-electron chi connectivity index (χ3n) is 4.21. The minimum Gasteiger partial charge on any atom is -0.494 e. The van der Waals surface area contributed by atoms with Crippen LogP contribution in [0.5, 0.6) is 5.75 Å². The molecule has 0 aromatic heterocycles. The van der Waals surface area contributed by atoms with E-state index in [9.17, 15) is 0 Å². The van der Waals surface area contributed by atoms with E-state index in [1.54, 1.807) is 0 Å². The predicted molar refractivity (Wildman–Crippen MR) is 96.4 cm³/mol. The lowest BCUT2D eigenvalue weighted by Crippen LogP contribution is -2.38. The number of hydrogen-bond donors (Lipinski definition) is 1. The number of nitrogens with zero attached hydrogens (tertiary/aromatic N) is 1. The van der Waals surface area contributed by atoms with Crippen molar-refractivity contribution >= 4 is 5.69 Å². The third kappa shape index (κ3) is 7.71. The second-order valence-corrected chi connectivity index (χ2v) is 6.17. The molecule has 1 N–H and O–H groups in total. The van der Waals surface area contributed by atoms with Gasteiger partial charge in [0.05, 0.1) is 19.8 Å². The summed E-state index contributed by atoms with van der Waals surface area (Å²) < 4.78 is 11.2. The molecule has 1 aliphatic rings. The minimum atomic E-state index is 0.820. The molecule has 1 aliphatic heterocycles. The Kier molecular flexibility index (Phi) is 8.89. The average molecular weight is 320 g/mol. The van der Waals surface area contributed by atoms with Gasteiger partial charge in [0.1, 0.15) is 5.75 Å². The molecule has 0 unspecified atom stereocenters. The summed E-state index contributed by atoms with van der Waals surface area (Å²) in [5, 5.41) is 3.49. The highest BCUT2D eigenvalue weighted by Gasteiger charge is 2.09. The molecule has 1 heterocycles. The molecule has 0 aliphatic carbocycles. The molecule has 1 saturated heterocycles. The summed E-state index contributed by atoms with van der Waals surface area (Å²) in [5.41, 5.74) is 1.14. The first kappa shape index (κ1) is 18.1. The van der Waals surface area contributed by atoms with Gasteiger partial charge < -0.3 is 14.8 Å². The van der Waals surface area contributed by atoms with Gasteiger partial charge in [0, 0.05) is 37.9 Å². The Morgan fingerprint density at radius 3 is 2.78 bits per heavy atom. The van der Waals surface area contributed by atoms with Crippen molar-refractivity contribution in [3.63, 3.8) is 0 Å². The van der Waals surface area contributed by atoms with Crippen molar-refractivity contribution in [3.8, 4) is 5.75 Å². The summed E-state index contributed by atoms with van der Waals surface area (Å²) in [4.78, 5) is 2.44. The van der Waals surface area contributed by atoms with Crippen molar-refractivity contribution in [3.05, 3.63) is 24.3 Å². The molecule has 0 saturated carbocycles. The summed E-state index contributed by atoms with van der Waals surface area (Å²) >= 11 is 0. The molecule has 1 aromatic carbocycles. The molecular formula is C19H32N2O2. The fourth-order valence-electron chi connectivity index (χ4n) is 2.77. The molecule has 0 amide bonds. The van der Waals surface area contributed by atoms with E-state index in [1.165, 1.54) is 25.7 Å². The number of ether oxygens (including phenoxy) is 2. The highest BCUT2D eigenvalue weighted by atomic mass is 16.5. The molecule has 0 radical (unpaired) electrons. The summed E-state index contributed by atoms with van der Waals surface area (Å²) in [6, 6.07) is 8.31. The van der Waals surface area contributed by atoms with E-state index in [4.69, 9.17) is 9.47 Å². The number of anilines is 1. The van der Waals surface area contributed by atoms with Gasteiger partial charge in [-0.1, -0.05) is 38.7 Å². The number of rotatable bonds is 11. The van der Waals surface area contributed by atoms with Gasteiger partial charge in [-0.05, 0) is 18.6 Å². The number of morpholine rings is 1. The lowest BCUT2D eigenvalue weighted by atomic mass is 10.2. The fourth-order valence-corrected chi connectivity index (χ4v) is 2.77. The minimum absolute atomic E-state index is 0.820. The van der Waals surface area contributed by atoms with E-state index < -0.39 is 0 Å². The van der Waals surface area contributed by atoms with Crippen LogP contribution in [0.3, 0.4) is 0 Å². The second kappa shape index (κ2) is 11.3. The van der Waals surface area contributed by atoms with Gasteiger partial charge in [0.25, 0.3) is 0 Å². The molecule has 1 fully saturated rings. The molecule has 130 valence electrons. The van der Waals surface area contributed by atoms with Gasteiger partial charge in [0.2, 0.25) is 0 Å². The zero-order chi connectivity index (χ0) is 16.2. The van der Waals surface area contributed by atoms with Crippen molar-refractivity contribution < 1.29 is 9.47 Å². The number of nitrogens with one attached hydrogen (secondary N) is 1. The van der Waals surface area contributed by atoms with E-state index in [-0.39, 0.29) is 0 Å². The Balaban J connectivity index is 1.61. The third-order valence-corrected chi connectivity index (χ3v) is 4.21. The van der Waals surface area contributed by atoms with Crippen molar-refractivity contribution in [2.45, 2.75) is 39.0 Å². The summed E-state index contributed by atoms with van der Waals surface area (Å²) in [6.07, 6.45) is 6.37. The quantitative estimate of drug-likeness (QED) is 0.629. The number of unbranched alkanes of at least 4 members (excludes halogenated alkanes) is 4. The van der Waals surface area contributed by atoms with Gasteiger partial charge in [-0.3, -0.25) is 4.90 Å². The summed E-state index contributed by atoms with van der Waals surface area (Å²) in [5.74, 6) is 0.969. The van der Waals surface area contributed by atoms with Gasteiger partial charge in [-0.2, -0.15) is 0 Å². The van der Waals surface area contributed by atoms with Crippen LogP contribution in [-0.4, -0.2) is 50.9 Å². The Morgan fingerprint density at radius 2 is 1.96 bits per heavy atom. The van der Waals surface area contributed by atoms with Crippen molar-refractivity contribution in [2.24, 2.45) is 0 Å². The van der Waals surface area contributed by atoms with Crippen molar-refractivity contribution in [1.29, 1.82) is 0 Å². The zero-order valence-corrected chi connectivity index (χ0v) is 14.6. The first-order valence-corrected chi connectivity index (χ1v) is 9.15.